The number of hydrogen-bond donors (Lipinski definition) is 1. The lowest BCUT2D eigenvalue weighted by atomic mass is 10.2. The van der Waals surface area contributed by atoms with Crippen LogP contribution in [0.5, 0.6) is 0 Å². The molecular formula is C15H18F3N3. The average molecular weight is 297 g/mol. The van der Waals surface area contributed by atoms with Gasteiger partial charge in [0.15, 0.2) is 0 Å². The Bertz CT molecular complexity index is 581. The highest BCUT2D eigenvalue weighted by Crippen LogP contribution is 2.23. The largest absolute Gasteiger partial charge is 0.313 e. The minimum atomic E-state index is -2.61. The van der Waals surface area contributed by atoms with E-state index in [4.69, 9.17) is 0 Å². The Morgan fingerprint density at radius 2 is 2.14 bits per heavy atom. The second-order valence-electron chi connectivity index (χ2n) is 4.82. The predicted octanol–water partition coefficient (Wildman–Crippen LogP) is 3.51. The van der Waals surface area contributed by atoms with Gasteiger partial charge in [-0.25, -0.2) is 13.2 Å². The van der Waals surface area contributed by atoms with Gasteiger partial charge in [-0.1, -0.05) is 19.1 Å². The fourth-order valence-electron chi connectivity index (χ4n) is 2.16. The molecule has 0 aliphatic rings. The normalized spacial score (nSPS) is 11.3. The molecule has 0 unspecified atom stereocenters. The quantitative estimate of drug-likeness (QED) is 0.793. The van der Waals surface area contributed by atoms with E-state index >= 15 is 0 Å². The lowest BCUT2D eigenvalue weighted by Crippen LogP contribution is -2.16. The molecule has 2 aromatic rings. The summed E-state index contributed by atoms with van der Waals surface area (Å²) in [6.07, 6.45) is -0.232. The number of benzene rings is 1. The zero-order valence-electron chi connectivity index (χ0n) is 11.8. The van der Waals surface area contributed by atoms with Crippen molar-refractivity contribution in [2.45, 2.75) is 32.9 Å². The molecule has 0 amide bonds. The van der Waals surface area contributed by atoms with Gasteiger partial charge in [-0.2, -0.15) is 5.10 Å². The number of nitrogens with one attached hydrogen (secondary N) is 1. The van der Waals surface area contributed by atoms with E-state index in [1.54, 1.807) is 12.1 Å². The van der Waals surface area contributed by atoms with Gasteiger partial charge in [0.05, 0.1) is 12.7 Å². The van der Waals surface area contributed by atoms with Gasteiger partial charge in [-0.3, -0.25) is 4.68 Å². The Morgan fingerprint density at radius 3 is 2.81 bits per heavy atom. The minimum absolute atomic E-state index is 0.108. The third-order valence-electron chi connectivity index (χ3n) is 3.13. The van der Waals surface area contributed by atoms with Gasteiger partial charge in [-0.05, 0) is 30.7 Å². The minimum Gasteiger partial charge on any atom is -0.313 e. The number of rotatable bonds is 7. The van der Waals surface area contributed by atoms with Crippen molar-refractivity contribution >= 4 is 0 Å². The van der Waals surface area contributed by atoms with E-state index < -0.39 is 6.43 Å². The Balaban J connectivity index is 2.19. The Labute approximate surface area is 121 Å². The topological polar surface area (TPSA) is 29.9 Å². The molecule has 1 aromatic heterocycles. The molecule has 0 aliphatic heterocycles. The molecule has 0 saturated carbocycles. The maximum Gasteiger partial charge on any atom is 0.280 e. The molecule has 0 radical (unpaired) electrons. The maximum atomic E-state index is 13.2. The van der Waals surface area contributed by atoms with Crippen LogP contribution >= 0.6 is 0 Å². The first-order valence-electron chi connectivity index (χ1n) is 6.89. The summed E-state index contributed by atoms with van der Waals surface area (Å²) in [5.74, 6) is -0.386. The van der Waals surface area contributed by atoms with Crippen molar-refractivity contribution in [3.05, 3.63) is 53.1 Å². The highest BCUT2D eigenvalue weighted by Gasteiger charge is 2.19. The third-order valence-corrected chi connectivity index (χ3v) is 3.13. The summed E-state index contributed by atoms with van der Waals surface area (Å²) in [5.41, 5.74) is 0.978. The maximum absolute atomic E-state index is 13.2. The Morgan fingerprint density at radius 1 is 1.33 bits per heavy atom. The van der Waals surface area contributed by atoms with Crippen molar-refractivity contribution in [2.75, 3.05) is 6.54 Å². The van der Waals surface area contributed by atoms with Crippen molar-refractivity contribution in [1.82, 2.24) is 15.1 Å². The second-order valence-corrected chi connectivity index (χ2v) is 4.82. The van der Waals surface area contributed by atoms with Crippen LogP contribution in [-0.2, 0) is 13.1 Å². The van der Waals surface area contributed by atoms with Crippen LogP contribution < -0.4 is 5.32 Å². The highest BCUT2D eigenvalue weighted by molar-refractivity contribution is 5.22. The zero-order chi connectivity index (χ0) is 15.2. The average Bonchev–Trinajstić information content (AvgIpc) is 2.82. The van der Waals surface area contributed by atoms with Gasteiger partial charge >= 0.3 is 0 Å². The molecule has 3 nitrogen and oxygen atoms in total. The van der Waals surface area contributed by atoms with Crippen LogP contribution in [-0.4, -0.2) is 16.3 Å². The molecule has 1 heterocycles. The molecule has 0 bridgehead atoms. The summed E-state index contributed by atoms with van der Waals surface area (Å²) in [4.78, 5) is 0. The summed E-state index contributed by atoms with van der Waals surface area (Å²) < 4.78 is 40.9. The SMILES string of the molecule is CCCNCc1cnn(Cc2cccc(F)c2)c1C(F)F. The summed E-state index contributed by atoms with van der Waals surface area (Å²) in [5, 5.41) is 7.10. The van der Waals surface area contributed by atoms with E-state index in [9.17, 15) is 13.2 Å². The molecule has 1 N–H and O–H groups in total. The number of alkyl halides is 2. The van der Waals surface area contributed by atoms with Gasteiger partial charge in [-0.15, -0.1) is 0 Å². The Hall–Kier alpha value is -1.82. The molecule has 0 aliphatic carbocycles. The first kappa shape index (κ1) is 15.6. The van der Waals surface area contributed by atoms with E-state index in [0.717, 1.165) is 13.0 Å². The molecule has 21 heavy (non-hydrogen) atoms. The lowest BCUT2D eigenvalue weighted by molar-refractivity contribution is 0.138. The number of halogens is 3. The number of hydrogen-bond acceptors (Lipinski definition) is 2. The van der Waals surface area contributed by atoms with E-state index in [-0.39, 0.29) is 18.1 Å². The van der Waals surface area contributed by atoms with Crippen LogP contribution in [0.4, 0.5) is 13.2 Å². The monoisotopic (exact) mass is 297 g/mol. The van der Waals surface area contributed by atoms with E-state index in [2.05, 4.69) is 10.4 Å². The number of aromatic nitrogens is 2. The van der Waals surface area contributed by atoms with E-state index in [1.165, 1.54) is 23.0 Å². The summed E-state index contributed by atoms with van der Waals surface area (Å²) in [7, 11) is 0. The van der Waals surface area contributed by atoms with E-state index in [0.29, 0.717) is 17.7 Å². The van der Waals surface area contributed by atoms with Crippen LogP contribution in [0.2, 0.25) is 0 Å². The molecule has 0 fully saturated rings. The van der Waals surface area contributed by atoms with Crippen LogP contribution in [0.3, 0.4) is 0 Å². The molecule has 0 spiro atoms. The van der Waals surface area contributed by atoms with Crippen LogP contribution in [0.1, 0.15) is 36.6 Å². The Kier molecular flexibility index (Phi) is 5.38. The van der Waals surface area contributed by atoms with Gasteiger partial charge < -0.3 is 5.32 Å². The van der Waals surface area contributed by atoms with Crippen molar-refractivity contribution in [3.63, 3.8) is 0 Å². The highest BCUT2D eigenvalue weighted by atomic mass is 19.3. The fourth-order valence-corrected chi connectivity index (χ4v) is 2.16. The predicted molar refractivity (Wildman–Crippen MR) is 74.7 cm³/mol. The molecule has 0 atom stereocenters. The molecule has 2 rings (SSSR count). The zero-order valence-corrected chi connectivity index (χ0v) is 11.8. The van der Waals surface area contributed by atoms with Gasteiger partial charge in [0, 0.05) is 12.1 Å². The van der Waals surface area contributed by atoms with Crippen LogP contribution in [0.25, 0.3) is 0 Å². The lowest BCUT2D eigenvalue weighted by Gasteiger charge is -2.09. The molecule has 6 heteroatoms. The van der Waals surface area contributed by atoms with Gasteiger partial charge in [0.2, 0.25) is 0 Å². The summed E-state index contributed by atoms with van der Waals surface area (Å²) in [6.45, 7) is 3.26. The second kappa shape index (κ2) is 7.26. The number of nitrogens with zero attached hydrogens (tertiary/aromatic N) is 2. The first-order chi connectivity index (χ1) is 10.1. The smallest absolute Gasteiger partial charge is 0.280 e. The standard InChI is InChI=1S/C15H18F3N3/c1-2-6-19-8-12-9-20-21(14(12)15(17)18)10-11-4-3-5-13(16)7-11/h3-5,7,9,15,19H,2,6,8,10H2,1H3. The molecule has 114 valence electrons. The van der Waals surface area contributed by atoms with Crippen LogP contribution in [0, 0.1) is 5.82 Å². The third kappa shape index (κ3) is 4.07. The van der Waals surface area contributed by atoms with Crippen molar-refractivity contribution in [2.24, 2.45) is 0 Å². The van der Waals surface area contributed by atoms with Crippen molar-refractivity contribution < 1.29 is 13.2 Å². The fraction of sp³-hybridized carbons (Fsp3) is 0.400. The molecular weight excluding hydrogens is 279 g/mol. The van der Waals surface area contributed by atoms with Crippen LogP contribution in [0.15, 0.2) is 30.5 Å². The summed E-state index contributed by atoms with van der Waals surface area (Å²) >= 11 is 0. The van der Waals surface area contributed by atoms with Gasteiger partial charge in [0.1, 0.15) is 11.5 Å². The first-order valence-corrected chi connectivity index (χ1v) is 6.89. The molecule has 1 aromatic carbocycles. The van der Waals surface area contributed by atoms with Gasteiger partial charge in [0.25, 0.3) is 6.43 Å². The van der Waals surface area contributed by atoms with Crippen molar-refractivity contribution in [1.29, 1.82) is 0 Å². The summed E-state index contributed by atoms with van der Waals surface area (Å²) in [6, 6.07) is 5.89. The van der Waals surface area contributed by atoms with Crippen molar-refractivity contribution in [3.8, 4) is 0 Å². The van der Waals surface area contributed by atoms with E-state index in [1.807, 2.05) is 6.92 Å². The molecule has 0 saturated heterocycles.